The third-order valence-corrected chi connectivity index (χ3v) is 1.78. The van der Waals surface area contributed by atoms with Gasteiger partial charge in [-0.1, -0.05) is 38.7 Å². The molecule has 0 aliphatic heterocycles. The van der Waals surface area contributed by atoms with Gasteiger partial charge in [-0.05, 0) is 12.8 Å². The van der Waals surface area contributed by atoms with Crippen LogP contribution in [0.15, 0.2) is 12.7 Å². The summed E-state index contributed by atoms with van der Waals surface area (Å²) < 4.78 is 4.20. The van der Waals surface area contributed by atoms with E-state index in [0.29, 0.717) is 0 Å². The van der Waals surface area contributed by atoms with Crippen LogP contribution in [0.25, 0.3) is 0 Å². The van der Waals surface area contributed by atoms with E-state index in [4.69, 9.17) is 5.11 Å². The maximum atomic E-state index is 9.47. The second kappa shape index (κ2) is 15.6. The SMILES string of the molecule is C=CCCCCCCC.COCC(=O)O. The van der Waals surface area contributed by atoms with Gasteiger partial charge in [0.1, 0.15) is 6.61 Å². The van der Waals surface area contributed by atoms with Gasteiger partial charge in [-0.2, -0.15) is 0 Å². The van der Waals surface area contributed by atoms with Gasteiger partial charge in [0.2, 0.25) is 0 Å². The van der Waals surface area contributed by atoms with Crippen LogP contribution < -0.4 is 0 Å². The van der Waals surface area contributed by atoms with Crippen LogP contribution in [0.4, 0.5) is 0 Å². The standard InChI is InChI=1S/C9H18.C3H6O3/c1-3-5-7-9-8-6-4-2;1-6-2-3(4)5/h3H,1,4-9H2,2H3;2H2,1H3,(H,4,5). The normalized spacial score (nSPS) is 8.93. The fraction of sp³-hybridized carbons (Fsp3) is 0.750. The van der Waals surface area contributed by atoms with Crippen LogP contribution in [0.1, 0.15) is 45.4 Å². The van der Waals surface area contributed by atoms with Crippen molar-refractivity contribution in [1.29, 1.82) is 0 Å². The number of carboxylic acid groups (broad SMARTS) is 1. The molecule has 0 atom stereocenters. The second-order valence-electron chi connectivity index (χ2n) is 3.32. The van der Waals surface area contributed by atoms with Gasteiger partial charge < -0.3 is 9.84 Å². The molecule has 0 aromatic rings. The van der Waals surface area contributed by atoms with Crippen LogP contribution in [0.3, 0.4) is 0 Å². The molecule has 0 saturated carbocycles. The van der Waals surface area contributed by atoms with E-state index in [1.54, 1.807) is 0 Å². The lowest BCUT2D eigenvalue weighted by Crippen LogP contribution is -2.02. The highest BCUT2D eigenvalue weighted by Gasteiger charge is 1.87. The zero-order valence-electron chi connectivity index (χ0n) is 10.00. The molecule has 90 valence electrons. The van der Waals surface area contributed by atoms with E-state index in [1.165, 1.54) is 45.6 Å². The lowest BCUT2D eigenvalue weighted by molar-refractivity contribution is -0.141. The summed E-state index contributed by atoms with van der Waals surface area (Å²) in [6.45, 7) is 5.71. The van der Waals surface area contributed by atoms with Crippen LogP contribution in [-0.2, 0) is 9.53 Å². The molecule has 3 nitrogen and oxygen atoms in total. The first-order chi connectivity index (χ1) is 7.18. The Bertz CT molecular complexity index is 144. The largest absolute Gasteiger partial charge is 0.480 e. The molecule has 0 aliphatic rings. The summed E-state index contributed by atoms with van der Waals surface area (Å²) in [5, 5.41) is 7.79. The minimum Gasteiger partial charge on any atom is -0.480 e. The van der Waals surface area contributed by atoms with Crippen molar-refractivity contribution < 1.29 is 14.6 Å². The summed E-state index contributed by atoms with van der Waals surface area (Å²) in [7, 11) is 1.34. The van der Waals surface area contributed by atoms with Gasteiger partial charge in [-0.25, -0.2) is 4.79 Å². The van der Waals surface area contributed by atoms with Gasteiger partial charge in [0.25, 0.3) is 0 Å². The Morgan fingerprint density at radius 1 is 1.33 bits per heavy atom. The van der Waals surface area contributed by atoms with Crippen molar-refractivity contribution in [2.45, 2.75) is 45.4 Å². The van der Waals surface area contributed by atoms with Gasteiger partial charge in [0.05, 0.1) is 0 Å². The highest BCUT2D eigenvalue weighted by Crippen LogP contribution is 2.04. The molecule has 0 aromatic heterocycles. The van der Waals surface area contributed by atoms with E-state index in [0.717, 1.165) is 0 Å². The zero-order chi connectivity index (χ0) is 11.9. The highest BCUT2D eigenvalue weighted by molar-refractivity contribution is 5.67. The van der Waals surface area contributed by atoms with Crippen LogP contribution in [0.2, 0.25) is 0 Å². The van der Waals surface area contributed by atoms with E-state index >= 15 is 0 Å². The minimum atomic E-state index is -0.933. The lowest BCUT2D eigenvalue weighted by atomic mass is 10.1. The summed E-state index contributed by atoms with van der Waals surface area (Å²) in [6.07, 6.45) is 10.1. The topological polar surface area (TPSA) is 46.5 Å². The molecule has 0 spiro atoms. The summed E-state index contributed by atoms with van der Waals surface area (Å²) >= 11 is 0. The molecule has 3 heteroatoms. The molecular weight excluding hydrogens is 192 g/mol. The number of allylic oxidation sites excluding steroid dienone is 1. The first-order valence-corrected chi connectivity index (χ1v) is 5.50. The molecule has 0 bridgehead atoms. The maximum absolute atomic E-state index is 9.47. The Morgan fingerprint density at radius 2 is 1.93 bits per heavy atom. The van der Waals surface area contributed by atoms with Crippen LogP contribution in [-0.4, -0.2) is 24.8 Å². The predicted octanol–water partition coefficient (Wildman–Crippen LogP) is 3.25. The Morgan fingerprint density at radius 3 is 2.27 bits per heavy atom. The smallest absolute Gasteiger partial charge is 0.329 e. The van der Waals surface area contributed by atoms with E-state index in [1.807, 2.05) is 6.08 Å². The molecule has 0 aromatic carbocycles. The molecule has 0 fully saturated rings. The van der Waals surface area contributed by atoms with Crippen molar-refractivity contribution in [3.05, 3.63) is 12.7 Å². The molecular formula is C12H24O3. The molecule has 0 rings (SSSR count). The number of rotatable bonds is 8. The summed E-state index contributed by atoms with van der Waals surface area (Å²) in [5.74, 6) is -0.933. The van der Waals surface area contributed by atoms with Crippen molar-refractivity contribution in [2.24, 2.45) is 0 Å². The van der Waals surface area contributed by atoms with Crippen LogP contribution in [0, 0.1) is 0 Å². The van der Waals surface area contributed by atoms with Gasteiger partial charge >= 0.3 is 5.97 Å². The highest BCUT2D eigenvalue weighted by atomic mass is 16.5. The van der Waals surface area contributed by atoms with Crippen molar-refractivity contribution in [2.75, 3.05) is 13.7 Å². The van der Waals surface area contributed by atoms with E-state index in [9.17, 15) is 4.79 Å². The van der Waals surface area contributed by atoms with E-state index in [2.05, 4.69) is 18.2 Å². The van der Waals surface area contributed by atoms with Gasteiger partial charge in [-0.15, -0.1) is 6.58 Å². The van der Waals surface area contributed by atoms with Gasteiger partial charge in [0.15, 0.2) is 0 Å². The van der Waals surface area contributed by atoms with Crippen LogP contribution in [0.5, 0.6) is 0 Å². The Kier molecular flexibility index (Phi) is 17.3. The predicted molar refractivity (Wildman–Crippen MR) is 63.1 cm³/mol. The number of unbranched alkanes of at least 4 members (excludes halogenated alkanes) is 5. The first kappa shape index (κ1) is 16.6. The van der Waals surface area contributed by atoms with Gasteiger partial charge in [0, 0.05) is 7.11 Å². The molecule has 0 unspecified atom stereocenters. The molecule has 0 radical (unpaired) electrons. The quantitative estimate of drug-likeness (QED) is 0.500. The first-order valence-electron chi connectivity index (χ1n) is 5.50. The van der Waals surface area contributed by atoms with Crippen molar-refractivity contribution in [1.82, 2.24) is 0 Å². The lowest BCUT2D eigenvalue weighted by Gasteiger charge is -1.94. The Balaban J connectivity index is 0. The third kappa shape index (κ3) is 24.6. The second-order valence-corrected chi connectivity index (χ2v) is 3.32. The number of hydrogen-bond acceptors (Lipinski definition) is 2. The Hall–Kier alpha value is -0.830. The zero-order valence-corrected chi connectivity index (χ0v) is 10.00. The number of hydrogen-bond donors (Lipinski definition) is 1. The van der Waals surface area contributed by atoms with Crippen molar-refractivity contribution >= 4 is 5.97 Å². The average molecular weight is 216 g/mol. The molecule has 0 saturated heterocycles. The monoisotopic (exact) mass is 216 g/mol. The molecule has 0 heterocycles. The number of methoxy groups -OCH3 is 1. The average Bonchev–Trinajstić information content (AvgIpc) is 2.18. The van der Waals surface area contributed by atoms with Crippen molar-refractivity contribution in [3.8, 4) is 0 Å². The molecule has 0 amide bonds. The molecule has 0 aliphatic carbocycles. The fourth-order valence-electron chi connectivity index (χ4n) is 1.02. The number of ether oxygens (including phenoxy) is 1. The van der Waals surface area contributed by atoms with E-state index < -0.39 is 5.97 Å². The summed E-state index contributed by atoms with van der Waals surface area (Å²) in [4.78, 5) is 9.47. The third-order valence-electron chi connectivity index (χ3n) is 1.78. The van der Waals surface area contributed by atoms with Crippen LogP contribution >= 0.6 is 0 Å². The number of carbonyl (C=O) groups is 1. The van der Waals surface area contributed by atoms with Crippen molar-refractivity contribution in [3.63, 3.8) is 0 Å². The molecule has 15 heavy (non-hydrogen) atoms. The number of aliphatic carboxylic acids is 1. The molecule has 1 N–H and O–H groups in total. The minimum absolute atomic E-state index is 0.208. The van der Waals surface area contributed by atoms with Gasteiger partial charge in [-0.3, -0.25) is 0 Å². The summed E-state index contributed by atoms with van der Waals surface area (Å²) in [6, 6.07) is 0. The maximum Gasteiger partial charge on any atom is 0.329 e. The van der Waals surface area contributed by atoms with E-state index in [-0.39, 0.29) is 6.61 Å². The fourth-order valence-corrected chi connectivity index (χ4v) is 1.02. The number of carboxylic acids is 1. The summed E-state index contributed by atoms with van der Waals surface area (Å²) in [5.41, 5.74) is 0. The Labute approximate surface area is 93.1 Å².